The second-order valence-electron chi connectivity index (χ2n) is 4.16. The molecule has 1 aliphatic rings. The molecule has 19 heavy (non-hydrogen) atoms. The van der Waals surface area contributed by atoms with Crippen LogP contribution in [-0.4, -0.2) is 35.6 Å². The van der Waals surface area contributed by atoms with Crippen molar-refractivity contribution >= 4 is 17.5 Å². The normalized spacial score (nSPS) is 14.4. The van der Waals surface area contributed by atoms with Crippen LogP contribution in [0.3, 0.4) is 0 Å². The van der Waals surface area contributed by atoms with Crippen molar-refractivity contribution < 1.29 is 14.5 Å². The molecule has 0 saturated carbocycles. The van der Waals surface area contributed by atoms with Crippen LogP contribution in [0.4, 0.5) is 16.2 Å². The molecule has 0 aromatic heterocycles. The van der Waals surface area contributed by atoms with Gasteiger partial charge in [-0.2, -0.15) is 0 Å². The molecule has 0 unspecified atom stereocenters. The fourth-order valence-electron chi connectivity index (χ4n) is 1.96. The Morgan fingerprint density at radius 3 is 2.89 bits per heavy atom. The zero-order valence-corrected chi connectivity index (χ0v) is 10.6. The number of carbonyl (C=O) groups is 1. The molecule has 102 valence electrons. The van der Waals surface area contributed by atoms with E-state index in [9.17, 15) is 14.9 Å². The number of nitro groups is 1. The highest BCUT2D eigenvalue weighted by Gasteiger charge is 2.23. The van der Waals surface area contributed by atoms with Gasteiger partial charge < -0.3 is 15.0 Å². The Morgan fingerprint density at radius 1 is 1.53 bits per heavy atom. The van der Waals surface area contributed by atoms with E-state index in [1.807, 2.05) is 6.92 Å². The second-order valence-corrected chi connectivity index (χ2v) is 4.16. The minimum Gasteiger partial charge on any atom is -0.448 e. The van der Waals surface area contributed by atoms with Gasteiger partial charge in [-0.25, -0.2) is 4.79 Å². The van der Waals surface area contributed by atoms with Gasteiger partial charge in [-0.05, 0) is 13.0 Å². The van der Waals surface area contributed by atoms with Crippen LogP contribution < -0.4 is 5.32 Å². The quantitative estimate of drug-likeness (QED) is 0.650. The number of hydrogen-bond donors (Lipinski definition) is 1. The first-order valence-corrected chi connectivity index (χ1v) is 6.04. The maximum absolute atomic E-state index is 11.4. The lowest BCUT2D eigenvalue weighted by Gasteiger charge is -2.16. The largest absolute Gasteiger partial charge is 0.448 e. The third-order valence-corrected chi connectivity index (χ3v) is 2.87. The van der Waals surface area contributed by atoms with Gasteiger partial charge in [0, 0.05) is 29.9 Å². The molecule has 0 spiro atoms. The lowest BCUT2D eigenvalue weighted by Crippen LogP contribution is -2.24. The topological polar surface area (TPSA) is 84.7 Å². The first-order chi connectivity index (χ1) is 9.11. The molecule has 7 nitrogen and oxygen atoms in total. The van der Waals surface area contributed by atoms with E-state index in [4.69, 9.17) is 4.74 Å². The number of benzene rings is 1. The molecular weight excluding hydrogens is 250 g/mol. The Hall–Kier alpha value is -2.31. The molecule has 0 bridgehead atoms. The fraction of sp³-hybridized carbons (Fsp3) is 0.417. The van der Waals surface area contributed by atoms with Crippen LogP contribution in [0.1, 0.15) is 12.5 Å². The average Bonchev–Trinajstić information content (AvgIpc) is 2.77. The van der Waals surface area contributed by atoms with Gasteiger partial charge in [0.2, 0.25) is 0 Å². The number of nitrogens with one attached hydrogen (secondary N) is 1. The highest BCUT2D eigenvalue weighted by atomic mass is 16.6. The summed E-state index contributed by atoms with van der Waals surface area (Å²) in [6, 6.07) is 4.60. The van der Waals surface area contributed by atoms with Gasteiger partial charge in [-0.1, -0.05) is 0 Å². The Labute approximate surface area is 110 Å². The van der Waals surface area contributed by atoms with Gasteiger partial charge in [0.25, 0.3) is 5.69 Å². The van der Waals surface area contributed by atoms with Crippen molar-refractivity contribution in [3.63, 3.8) is 0 Å². The summed E-state index contributed by atoms with van der Waals surface area (Å²) >= 11 is 0. The number of rotatable bonds is 5. The molecule has 7 heteroatoms. The number of cyclic esters (lactones) is 1. The molecule has 2 rings (SSSR count). The number of non-ortho nitro benzene ring substituents is 1. The van der Waals surface area contributed by atoms with Gasteiger partial charge in [-0.15, -0.1) is 0 Å². The minimum absolute atomic E-state index is 0.0178. The van der Waals surface area contributed by atoms with Crippen LogP contribution in [0.15, 0.2) is 18.2 Å². The van der Waals surface area contributed by atoms with Gasteiger partial charge in [0.1, 0.15) is 6.61 Å². The zero-order valence-electron chi connectivity index (χ0n) is 10.6. The van der Waals surface area contributed by atoms with Crippen LogP contribution in [-0.2, 0) is 11.3 Å². The summed E-state index contributed by atoms with van der Waals surface area (Å²) in [6.45, 7) is 3.82. The van der Waals surface area contributed by atoms with E-state index in [0.717, 1.165) is 11.3 Å². The van der Waals surface area contributed by atoms with Crippen LogP contribution in [0.25, 0.3) is 0 Å². The summed E-state index contributed by atoms with van der Waals surface area (Å²) in [5.74, 6) is 0. The zero-order chi connectivity index (χ0) is 13.8. The van der Waals surface area contributed by atoms with Crippen molar-refractivity contribution in [3.05, 3.63) is 33.9 Å². The molecule has 1 fully saturated rings. The van der Waals surface area contributed by atoms with Crippen molar-refractivity contribution in [3.8, 4) is 0 Å². The Balaban J connectivity index is 2.26. The van der Waals surface area contributed by atoms with E-state index in [1.165, 1.54) is 17.0 Å². The summed E-state index contributed by atoms with van der Waals surface area (Å²) in [7, 11) is 0. The second kappa shape index (κ2) is 5.55. The van der Waals surface area contributed by atoms with Crippen LogP contribution in [0.2, 0.25) is 0 Å². The highest BCUT2D eigenvalue weighted by Crippen LogP contribution is 2.24. The lowest BCUT2D eigenvalue weighted by atomic mass is 10.1. The molecule has 1 saturated heterocycles. The SMILES string of the molecule is CCNc1ccc([N+](=O)[O-])cc1CN1CCOC1=O. The lowest BCUT2D eigenvalue weighted by molar-refractivity contribution is -0.384. The monoisotopic (exact) mass is 265 g/mol. The first kappa shape index (κ1) is 13.1. The van der Waals surface area contributed by atoms with Crippen LogP contribution >= 0.6 is 0 Å². The van der Waals surface area contributed by atoms with Crippen molar-refractivity contribution in [2.24, 2.45) is 0 Å². The Kier molecular flexibility index (Phi) is 3.84. The standard InChI is InChI=1S/C12H15N3O4/c1-2-13-11-4-3-10(15(17)18)7-9(11)8-14-5-6-19-12(14)16/h3-4,7,13H,2,5-6,8H2,1H3. The number of nitrogens with zero attached hydrogens (tertiary/aromatic N) is 2. The molecule has 1 aromatic rings. The van der Waals surface area contributed by atoms with E-state index in [0.29, 0.717) is 26.2 Å². The number of carbonyl (C=O) groups excluding carboxylic acids is 1. The Morgan fingerprint density at radius 2 is 2.32 bits per heavy atom. The van der Waals surface area contributed by atoms with E-state index < -0.39 is 4.92 Å². The summed E-state index contributed by atoms with van der Waals surface area (Å²) in [5.41, 5.74) is 1.53. The molecule has 1 aliphatic heterocycles. The van der Waals surface area contributed by atoms with Crippen LogP contribution in [0.5, 0.6) is 0 Å². The summed E-state index contributed by atoms with van der Waals surface area (Å²) in [5, 5.41) is 13.9. The maximum Gasteiger partial charge on any atom is 0.410 e. The third-order valence-electron chi connectivity index (χ3n) is 2.87. The predicted octanol–water partition coefficient (Wildman–Crippen LogP) is 1.98. The van der Waals surface area contributed by atoms with Gasteiger partial charge in [0.15, 0.2) is 0 Å². The van der Waals surface area contributed by atoms with Crippen molar-refractivity contribution in [1.29, 1.82) is 0 Å². The molecule has 1 aromatic carbocycles. The fourth-order valence-corrected chi connectivity index (χ4v) is 1.96. The van der Waals surface area contributed by atoms with Crippen molar-refractivity contribution in [2.45, 2.75) is 13.5 Å². The number of nitro benzene ring substituents is 1. The molecule has 1 N–H and O–H groups in total. The van der Waals surface area contributed by atoms with E-state index in [2.05, 4.69) is 5.32 Å². The summed E-state index contributed by atoms with van der Waals surface area (Å²) in [4.78, 5) is 23.3. The highest BCUT2D eigenvalue weighted by molar-refractivity contribution is 5.70. The minimum atomic E-state index is -0.443. The molecule has 1 heterocycles. The average molecular weight is 265 g/mol. The predicted molar refractivity (Wildman–Crippen MR) is 69.0 cm³/mol. The van der Waals surface area contributed by atoms with E-state index in [1.54, 1.807) is 6.07 Å². The molecule has 1 amide bonds. The van der Waals surface area contributed by atoms with Gasteiger partial charge in [-0.3, -0.25) is 10.1 Å². The maximum atomic E-state index is 11.4. The summed E-state index contributed by atoms with van der Waals surface area (Å²) in [6.07, 6.45) is -0.381. The van der Waals surface area contributed by atoms with E-state index >= 15 is 0 Å². The Bertz CT molecular complexity index is 504. The number of ether oxygens (including phenoxy) is 1. The van der Waals surface area contributed by atoms with Crippen molar-refractivity contribution in [1.82, 2.24) is 4.90 Å². The molecule has 0 aliphatic carbocycles. The third kappa shape index (κ3) is 2.93. The van der Waals surface area contributed by atoms with E-state index in [-0.39, 0.29) is 11.8 Å². The summed E-state index contributed by atoms with van der Waals surface area (Å²) < 4.78 is 4.85. The number of anilines is 1. The number of hydrogen-bond acceptors (Lipinski definition) is 5. The molecule has 0 radical (unpaired) electrons. The van der Waals surface area contributed by atoms with Crippen LogP contribution in [0, 0.1) is 10.1 Å². The van der Waals surface area contributed by atoms with Gasteiger partial charge >= 0.3 is 6.09 Å². The van der Waals surface area contributed by atoms with Gasteiger partial charge in [0.05, 0.1) is 18.0 Å². The molecule has 0 atom stereocenters. The van der Waals surface area contributed by atoms with Crippen molar-refractivity contribution in [2.75, 3.05) is 25.0 Å². The molecular formula is C12H15N3O4. The first-order valence-electron chi connectivity index (χ1n) is 6.04. The smallest absolute Gasteiger partial charge is 0.410 e. The number of amides is 1.